The number of esters is 1. The second-order valence-electron chi connectivity index (χ2n) is 4.80. The summed E-state index contributed by atoms with van der Waals surface area (Å²) in [6, 6.07) is 10.8. The van der Waals surface area contributed by atoms with Crippen molar-refractivity contribution in [3.05, 3.63) is 58.1 Å². The number of benzene rings is 2. The van der Waals surface area contributed by atoms with Crippen molar-refractivity contribution in [2.45, 2.75) is 13.3 Å². The summed E-state index contributed by atoms with van der Waals surface area (Å²) in [5.41, 5.74) is 0.842. The van der Waals surface area contributed by atoms with Crippen LogP contribution in [0.25, 0.3) is 0 Å². The predicted octanol–water partition coefficient (Wildman–Crippen LogP) is 5.17. The molecule has 0 aliphatic heterocycles. The van der Waals surface area contributed by atoms with Crippen LogP contribution in [-0.2, 0) is 4.74 Å². The molecular weight excluding hydrogens is 353 g/mol. The van der Waals surface area contributed by atoms with Crippen molar-refractivity contribution in [1.29, 1.82) is 0 Å². The molecule has 0 unspecified atom stereocenters. The van der Waals surface area contributed by atoms with E-state index in [-0.39, 0.29) is 0 Å². The van der Waals surface area contributed by atoms with Crippen molar-refractivity contribution in [1.82, 2.24) is 0 Å². The lowest BCUT2D eigenvalue weighted by atomic mass is 10.2. The minimum absolute atomic E-state index is 0.291. The summed E-state index contributed by atoms with van der Waals surface area (Å²) in [6.45, 7) is 2.28. The molecule has 1 N–H and O–H groups in total. The number of carbonyl (C=O) groups is 2. The maximum atomic E-state index is 11.8. The number of hydrogen-bond acceptors (Lipinski definition) is 4. The minimum atomic E-state index is -0.685. The molecule has 2 aromatic carbocycles. The monoisotopic (exact) mass is 367 g/mol. The lowest BCUT2D eigenvalue weighted by Gasteiger charge is -2.08. The van der Waals surface area contributed by atoms with Crippen LogP contribution in [0.2, 0.25) is 10.0 Å². The fraction of sp³-hybridized carbons (Fsp3) is 0.176. The molecule has 2 aromatic rings. The minimum Gasteiger partial charge on any atom is -0.462 e. The van der Waals surface area contributed by atoms with Gasteiger partial charge in [-0.3, -0.25) is 5.32 Å². The first kappa shape index (κ1) is 18.1. The number of hydrogen-bond donors (Lipinski definition) is 1. The molecule has 126 valence electrons. The third kappa shape index (κ3) is 5.15. The summed E-state index contributed by atoms with van der Waals surface area (Å²) in [5.74, 6) is -0.122. The SMILES string of the molecule is CCCOC(=O)c1ccc(OC(=O)Nc2ccc(Cl)c(Cl)c2)cc1. The number of carbonyl (C=O) groups excluding carboxylic acids is 2. The van der Waals surface area contributed by atoms with Gasteiger partial charge in [-0.25, -0.2) is 9.59 Å². The number of amides is 1. The summed E-state index contributed by atoms with van der Waals surface area (Å²) < 4.78 is 10.1. The van der Waals surface area contributed by atoms with Gasteiger partial charge in [-0.2, -0.15) is 0 Å². The largest absolute Gasteiger partial charge is 0.462 e. The second-order valence-corrected chi connectivity index (χ2v) is 5.62. The molecule has 0 atom stereocenters. The van der Waals surface area contributed by atoms with Crippen LogP contribution in [0.15, 0.2) is 42.5 Å². The van der Waals surface area contributed by atoms with Gasteiger partial charge in [0.1, 0.15) is 5.75 Å². The van der Waals surface area contributed by atoms with Crippen molar-refractivity contribution in [2.24, 2.45) is 0 Å². The van der Waals surface area contributed by atoms with E-state index in [1.807, 2.05) is 6.92 Å². The van der Waals surface area contributed by atoms with E-state index in [9.17, 15) is 9.59 Å². The van der Waals surface area contributed by atoms with Gasteiger partial charge in [0.15, 0.2) is 0 Å². The average Bonchev–Trinajstić information content (AvgIpc) is 2.56. The van der Waals surface area contributed by atoms with Crippen LogP contribution in [0.5, 0.6) is 5.75 Å². The fourth-order valence-electron chi connectivity index (χ4n) is 1.76. The number of halogens is 2. The van der Waals surface area contributed by atoms with Gasteiger partial charge in [0.25, 0.3) is 0 Å². The second kappa shape index (κ2) is 8.57. The van der Waals surface area contributed by atoms with Gasteiger partial charge >= 0.3 is 12.1 Å². The molecule has 0 fully saturated rings. The highest BCUT2D eigenvalue weighted by atomic mass is 35.5. The Morgan fingerprint density at radius 1 is 1.04 bits per heavy atom. The Balaban J connectivity index is 1.94. The zero-order valence-corrected chi connectivity index (χ0v) is 14.4. The van der Waals surface area contributed by atoms with Crippen molar-refractivity contribution >= 4 is 41.0 Å². The molecule has 1 amide bonds. The van der Waals surface area contributed by atoms with Crippen LogP contribution in [0.3, 0.4) is 0 Å². The van der Waals surface area contributed by atoms with Crippen molar-refractivity contribution < 1.29 is 19.1 Å². The van der Waals surface area contributed by atoms with Crippen LogP contribution < -0.4 is 10.1 Å². The third-order valence-electron chi connectivity index (χ3n) is 2.90. The average molecular weight is 368 g/mol. The molecule has 24 heavy (non-hydrogen) atoms. The lowest BCUT2D eigenvalue weighted by Crippen LogP contribution is -2.16. The van der Waals surface area contributed by atoms with E-state index in [2.05, 4.69) is 5.32 Å². The Morgan fingerprint density at radius 3 is 2.38 bits per heavy atom. The summed E-state index contributed by atoms with van der Waals surface area (Å²) in [6.07, 6.45) is 0.0663. The molecule has 0 heterocycles. The molecule has 0 bridgehead atoms. The molecule has 0 radical (unpaired) electrons. The molecule has 5 nitrogen and oxygen atoms in total. The van der Waals surface area contributed by atoms with Crippen molar-refractivity contribution in [3.8, 4) is 5.75 Å². The number of nitrogens with one attached hydrogen (secondary N) is 1. The van der Waals surface area contributed by atoms with E-state index >= 15 is 0 Å². The summed E-state index contributed by atoms with van der Waals surface area (Å²) in [5, 5.41) is 3.24. The highest BCUT2D eigenvalue weighted by Gasteiger charge is 2.09. The van der Waals surface area contributed by atoms with Crippen LogP contribution >= 0.6 is 23.2 Å². The maximum Gasteiger partial charge on any atom is 0.417 e. The van der Waals surface area contributed by atoms with Gasteiger partial charge < -0.3 is 9.47 Å². The molecule has 0 spiro atoms. The first-order valence-corrected chi connectivity index (χ1v) is 7.96. The van der Waals surface area contributed by atoms with E-state index in [0.717, 1.165) is 6.42 Å². The van der Waals surface area contributed by atoms with Gasteiger partial charge in [0.05, 0.1) is 22.2 Å². The molecule has 0 saturated heterocycles. The Kier molecular flexibility index (Phi) is 6.46. The quantitative estimate of drug-likeness (QED) is 0.740. The Hall–Kier alpha value is -2.24. The molecule has 0 saturated carbocycles. The molecule has 0 aromatic heterocycles. The normalized spacial score (nSPS) is 10.1. The number of rotatable bonds is 5. The van der Waals surface area contributed by atoms with Gasteiger partial charge in [-0.05, 0) is 48.9 Å². The third-order valence-corrected chi connectivity index (χ3v) is 3.64. The Morgan fingerprint density at radius 2 is 1.75 bits per heavy atom. The van der Waals surface area contributed by atoms with E-state index in [1.54, 1.807) is 12.1 Å². The number of anilines is 1. The molecular formula is C17H15Cl2NO4. The lowest BCUT2D eigenvalue weighted by molar-refractivity contribution is 0.0505. The first-order chi connectivity index (χ1) is 11.5. The molecule has 2 rings (SSSR count). The fourth-order valence-corrected chi connectivity index (χ4v) is 2.06. The smallest absolute Gasteiger partial charge is 0.417 e. The van der Waals surface area contributed by atoms with Crippen LogP contribution in [0.1, 0.15) is 23.7 Å². The number of ether oxygens (including phenoxy) is 2. The van der Waals surface area contributed by atoms with Crippen LogP contribution in [0.4, 0.5) is 10.5 Å². The van der Waals surface area contributed by atoms with Crippen molar-refractivity contribution in [3.63, 3.8) is 0 Å². The molecule has 0 aliphatic rings. The van der Waals surface area contributed by atoms with E-state index < -0.39 is 12.1 Å². The van der Waals surface area contributed by atoms with Gasteiger partial charge in [-0.1, -0.05) is 30.1 Å². The van der Waals surface area contributed by atoms with E-state index in [0.29, 0.717) is 33.7 Å². The summed E-state index contributed by atoms with van der Waals surface area (Å²) in [7, 11) is 0. The van der Waals surface area contributed by atoms with Crippen LogP contribution in [-0.4, -0.2) is 18.7 Å². The zero-order chi connectivity index (χ0) is 17.5. The topological polar surface area (TPSA) is 64.6 Å². The highest BCUT2D eigenvalue weighted by molar-refractivity contribution is 6.42. The zero-order valence-electron chi connectivity index (χ0n) is 12.8. The first-order valence-electron chi connectivity index (χ1n) is 7.20. The Labute approximate surface area is 149 Å². The highest BCUT2D eigenvalue weighted by Crippen LogP contribution is 2.25. The van der Waals surface area contributed by atoms with E-state index in [1.165, 1.54) is 30.3 Å². The van der Waals surface area contributed by atoms with E-state index in [4.69, 9.17) is 32.7 Å². The predicted molar refractivity (Wildman–Crippen MR) is 93.1 cm³/mol. The molecule has 7 heteroatoms. The standard InChI is InChI=1S/C17H15Cl2NO4/c1-2-9-23-16(21)11-3-6-13(7-4-11)24-17(22)20-12-5-8-14(18)15(19)10-12/h3-8,10H,2,9H2,1H3,(H,20,22). The maximum absolute atomic E-state index is 11.8. The van der Waals surface area contributed by atoms with Crippen molar-refractivity contribution in [2.75, 3.05) is 11.9 Å². The van der Waals surface area contributed by atoms with Gasteiger partial charge in [-0.15, -0.1) is 0 Å². The molecule has 0 aliphatic carbocycles. The van der Waals surface area contributed by atoms with Crippen LogP contribution in [0, 0.1) is 0 Å². The van der Waals surface area contributed by atoms with Gasteiger partial charge in [0, 0.05) is 5.69 Å². The van der Waals surface area contributed by atoms with Gasteiger partial charge in [0.2, 0.25) is 0 Å². The Bertz CT molecular complexity index is 732. The summed E-state index contributed by atoms with van der Waals surface area (Å²) >= 11 is 11.7. The summed E-state index contributed by atoms with van der Waals surface area (Å²) in [4.78, 5) is 23.5.